The van der Waals surface area contributed by atoms with E-state index in [0.717, 1.165) is 26.1 Å². The number of nitrogens with zero attached hydrogens (tertiary/aromatic N) is 1. The first-order chi connectivity index (χ1) is 10.9. The van der Waals surface area contributed by atoms with Gasteiger partial charge >= 0.3 is 0 Å². The summed E-state index contributed by atoms with van der Waals surface area (Å²) in [4.78, 5) is 14.4. The molecule has 1 aliphatic heterocycles. The second-order valence-corrected chi connectivity index (χ2v) is 7.87. The minimum Gasteiger partial charge on any atom is -0.355 e. The number of benzene rings is 1. The summed E-state index contributed by atoms with van der Waals surface area (Å²) < 4.78 is 0. The van der Waals surface area contributed by atoms with Gasteiger partial charge in [0.2, 0.25) is 5.91 Å². The highest BCUT2D eigenvalue weighted by atomic mass is 35.5. The van der Waals surface area contributed by atoms with E-state index in [-0.39, 0.29) is 23.7 Å². The highest BCUT2D eigenvalue weighted by Gasteiger charge is 2.33. The molecule has 1 aromatic rings. The van der Waals surface area contributed by atoms with Crippen molar-refractivity contribution in [2.45, 2.75) is 33.1 Å². The summed E-state index contributed by atoms with van der Waals surface area (Å²) in [7, 11) is 0. The summed E-state index contributed by atoms with van der Waals surface area (Å²) in [5.41, 5.74) is 7.54. The van der Waals surface area contributed by atoms with Crippen molar-refractivity contribution in [1.29, 1.82) is 0 Å². The zero-order valence-corrected chi connectivity index (χ0v) is 15.9. The lowest BCUT2D eigenvalue weighted by molar-refractivity contribution is -0.122. The Morgan fingerprint density at radius 2 is 1.92 bits per heavy atom. The molecule has 1 amide bonds. The van der Waals surface area contributed by atoms with Crippen molar-refractivity contribution in [2.24, 2.45) is 17.1 Å². The molecule has 1 heterocycles. The molecule has 0 saturated carbocycles. The van der Waals surface area contributed by atoms with Crippen molar-refractivity contribution >= 4 is 18.3 Å². The van der Waals surface area contributed by atoms with Crippen LogP contribution in [0.3, 0.4) is 0 Å². The third-order valence-electron chi connectivity index (χ3n) is 4.61. The van der Waals surface area contributed by atoms with Crippen molar-refractivity contribution in [2.75, 3.05) is 32.7 Å². The van der Waals surface area contributed by atoms with Gasteiger partial charge < -0.3 is 11.1 Å². The average molecular weight is 354 g/mol. The van der Waals surface area contributed by atoms with Crippen LogP contribution in [0.2, 0.25) is 0 Å². The molecule has 136 valence electrons. The third kappa shape index (κ3) is 6.42. The summed E-state index contributed by atoms with van der Waals surface area (Å²) in [6.45, 7) is 10.3. The number of hydrogen-bond acceptors (Lipinski definition) is 3. The lowest BCUT2D eigenvalue weighted by Gasteiger charge is -2.19. The molecule has 0 unspecified atom stereocenters. The molecule has 2 atom stereocenters. The zero-order valence-electron chi connectivity index (χ0n) is 15.1. The Morgan fingerprint density at radius 3 is 2.50 bits per heavy atom. The predicted molar refractivity (Wildman–Crippen MR) is 102 cm³/mol. The molecule has 0 aliphatic carbocycles. The summed E-state index contributed by atoms with van der Waals surface area (Å²) in [6, 6.07) is 10.5. The molecule has 1 fully saturated rings. The predicted octanol–water partition coefficient (Wildman–Crippen LogP) is 2.63. The quantitative estimate of drug-likeness (QED) is 0.826. The van der Waals surface area contributed by atoms with Crippen LogP contribution in [0.1, 0.15) is 38.7 Å². The van der Waals surface area contributed by atoms with Gasteiger partial charge in [0.1, 0.15) is 0 Å². The summed E-state index contributed by atoms with van der Waals surface area (Å²) in [5, 5.41) is 3.04. The second-order valence-electron chi connectivity index (χ2n) is 7.87. The Balaban J connectivity index is 0.00000288. The van der Waals surface area contributed by atoms with Crippen molar-refractivity contribution < 1.29 is 4.79 Å². The largest absolute Gasteiger partial charge is 0.355 e. The maximum absolute atomic E-state index is 12.1. The van der Waals surface area contributed by atoms with Crippen LogP contribution in [-0.4, -0.2) is 43.5 Å². The number of likely N-dealkylation sites (tertiary alicyclic amines) is 1. The molecule has 0 spiro atoms. The minimum absolute atomic E-state index is 0. The van der Waals surface area contributed by atoms with Crippen LogP contribution >= 0.6 is 12.4 Å². The number of carbonyl (C=O) groups is 1. The van der Waals surface area contributed by atoms with E-state index >= 15 is 0 Å². The number of nitrogens with two attached hydrogens (primary N) is 1. The van der Waals surface area contributed by atoms with E-state index in [1.807, 2.05) is 6.07 Å². The van der Waals surface area contributed by atoms with E-state index in [1.54, 1.807) is 0 Å². The Kier molecular flexibility index (Phi) is 8.20. The Labute approximate surface area is 152 Å². The second kappa shape index (κ2) is 9.40. The Morgan fingerprint density at radius 1 is 1.25 bits per heavy atom. The summed E-state index contributed by atoms with van der Waals surface area (Å²) in [6.07, 6.45) is 0.997. The molecule has 3 N–H and O–H groups in total. The molecule has 1 saturated heterocycles. The SMILES string of the molecule is CC(C)(C)CCNC(=O)CN1C[C@@H](CN)[C@H](c2ccccc2)C1.Cl. The molecule has 0 aromatic heterocycles. The van der Waals surface area contributed by atoms with E-state index in [4.69, 9.17) is 5.73 Å². The third-order valence-corrected chi connectivity index (χ3v) is 4.61. The monoisotopic (exact) mass is 353 g/mol. The molecule has 24 heavy (non-hydrogen) atoms. The maximum atomic E-state index is 12.1. The van der Waals surface area contributed by atoms with Gasteiger partial charge in [0.15, 0.2) is 0 Å². The fourth-order valence-electron chi connectivity index (χ4n) is 3.24. The van der Waals surface area contributed by atoms with E-state index in [2.05, 4.69) is 55.3 Å². The number of amides is 1. The highest BCUT2D eigenvalue weighted by Crippen LogP contribution is 2.31. The van der Waals surface area contributed by atoms with Crippen LogP contribution in [0.5, 0.6) is 0 Å². The van der Waals surface area contributed by atoms with Gasteiger partial charge in [-0.2, -0.15) is 0 Å². The summed E-state index contributed by atoms with van der Waals surface area (Å²) in [5.74, 6) is 0.988. The van der Waals surface area contributed by atoms with Crippen LogP contribution in [0.4, 0.5) is 0 Å². The van der Waals surface area contributed by atoms with Crippen molar-refractivity contribution in [1.82, 2.24) is 10.2 Å². The van der Waals surface area contributed by atoms with Crippen molar-refractivity contribution in [3.8, 4) is 0 Å². The molecule has 0 radical (unpaired) electrons. The number of rotatable bonds is 6. The van der Waals surface area contributed by atoms with Crippen LogP contribution in [-0.2, 0) is 4.79 Å². The first kappa shape index (κ1) is 20.9. The fourth-order valence-corrected chi connectivity index (χ4v) is 3.24. The molecule has 2 rings (SSSR count). The van der Waals surface area contributed by atoms with Crippen LogP contribution < -0.4 is 11.1 Å². The lowest BCUT2D eigenvalue weighted by atomic mass is 9.89. The van der Waals surface area contributed by atoms with Crippen LogP contribution in [0.25, 0.3) is 0 Å². The zero-order chi connectivity index (χ0) is 16.9. The van der Waals surface area contributed by atoms with Crippen LogP contribution in [0, 0.1) is 11.3 Å². The van der Waals surface area contributed by atoms with Gasteiger partial charge in [-0.25, -0.2) is 0 Å². The van der Waals surface area contributed by atoms with E-state index in [9.17, 15) is 4.79 Å². The number of halogens is 1. The molecule has 5 heteroatoms. The molecule has 4 nitrogen and oxygen atoms in total. The first-order valence-corrected chi connectivity index (χ1v) is 8.63. The van der Waals surface area contributed by atoms with Gasteiger partial charge in [-0.3, -0.25) is 9.69 Å². The standard InChI is InChI=1S/C19H31N3O.ClH/c1-19(2,3)9-10-21-18(23)14-22-12-16(11-20)17(13-22)15-7-5-4-6-8-15;/h4-8,16-17H,9-14,20H2,1-3H3,(H,21,23);1H/t16-,17+;/m1./s1. The highest BCUT2D eigenvalue weighted by molar-refractivity contribution is 5.85. The Bertz CT molecular complexity index is 501. The van der Waals surface area contributed by atoms with Crippen molar-refractivity contribution in [3.63, 3.8) is 0 Å². The van der Waals surface area contributed by atoms with E-state index in [0.29, 0.717) is 24.9 Å². The first-order valence-electron chi connectivity index (χ1n) is 8.63. The number of carbonyl (C=O) groups excluding carboxylic acids is 1. The molecule has 1 aromatic carbocycles. The molecule has 0 bridgehead atoms. The minimum atomic E-state index is 0. The molecule has 1 aliphatic rings. The lowest BCUT2D eigenvalue weighted by Crippen LogP contribution is -2.37. The van der Waals surface area contributed by atoms with Gasteiger partial charge in [-0.15, -0.1) is 12.4 Å². The maximum Gasteiger partial charge on any atom is 0.234 e. The van der Waals surface area contributed by atoms with Crippen molar-refractivity contribution in [3.05, 3.63) is 35.9 Å². The van der Waals surface area contributed by atoms with E-state index < -0.39 is 0 Å². The fraction of sp³-hybridized carbons (Fsp3) is 0.632. The number of nitrogens with one attached hydrogen (secondary N) is 1. The van der Waals surface area contributed by atoms with E-state index in [1.165, 1.54) is 5.56 Å². The summed E-state index contributed by atoms with van der Waals surface area (Å²) >= 11 is 0. The van der Waals surface area contributed by atoms with Gasteiger partial charge in [-0.1, -0.05) is 51.1 Å². The van der Waals surface area contributed by atoms with Gasteiger partial charge in [0, 0.05) is 25.6 Å². The van der Waals surface area contributed by atoms with Gasteiger partial charge in [0.05, 0.1) is 6.54 Å². The Hall–Kier alpha value is -1.10. The number of hydrogen-bond donors (Lipinski definition) is 2. The van der Waals surface area contributed by atoms with Gasteiger partial charge in [-0.05, 0) is 29.9 Å². The van der Waals surface area contributed by atoms with Gasteiger partial charge in [0.25, 0.3) is 0 Å². The normalized spacial score (nSPS) is 21.3. The molecular weight excluding hydrogens is 322 g/mol. The van der Waals surface area contributed by atoms with Crippen LogP contribution in [0.15, 0.2) is 30.3 Å². The topological polar surface area (TPSA) is 58.4 Å². The molecular formula is C19H32ClN3O. The average Bonchev–Trinajstić information content (AvgIpc) is 2.89. The smallest absolute Gasteiger partial charge is 0.234 e.